The Bertz CT molecular complexity index is 653. The minimum absolute atomic E-state index is 0.115. The molecule has 5 nitrogen and oxygen atoms in total. The monoisotopic (exact) mass is 304 g/mol. The predicted molar refractivity (Wildman–Crippen MR) is 79.3 cm³/mol. The number of urea groups is 1. The number of carbonyl (C=O) groups excluding carboxylic acids is 2. The van der Waals surface area contributed by atoms with Gasteiger partial charge < -0.3 is 15.4 Å². The Morgan fingerprint density at radius 3 is 2.82 bits per heavy atom. The standard InChI is InChI=1S/C16H17FN2O3/c1-3-4-9-22-15(20)13-10(2)18-16(21)19-14(13)11-7-5-6-8-12(11)17/h3-8,14H,9H2,1-2H3,(H2,18,19,21)/b4-3+/t14-/m1/s1. The van der Waals surface area contributed by atoms with Crippen LogP contribution in [0.5, 0.6) is 0 Å². The highest BCUT2D eigenvalue weighted by Crippen LogP contribution is 2.29. The molecule has 1 aromatic rings. The highest BCUT2D eigenvalue weighted by molar-refractivity contribution is 5.95. The van der Waals surface area contributed by atoms with Crippen molar-refractivity contribution in [2.45, 2.75) is 19.9 Å². The van der Waals surface area contributed by atoms with E-state index in [0.29, 0.717) is 5.70 Å². The Labute approximate surface area is 127 Å². The number of rotatable bonds is 4. The first-order chi connectivity index (χ1) is 10.5. The van der Waals surface area contributed by atoms with E-state index in [4.69, 9.17) is 4.74 Å². The lowest BCUT2D eigenvalue weighted by Gasteiger charge is -2.28. The SMILES string of the molecule is C/C=C/COC(=O)C1=C(C)NC(=O)N[C@@H]1c1ccccc1F. The van der Waals surface area contributed by atoms with Gasteiger partial charge in [0, 0.05) is 11.3 Å². The Hall–Kier alpha value is -2.63. The van der Waals surface area contributed by atoms with E-state index in [1.165, 1.54) is 12.1 Å². The zero-order valence-corrected chi connectivity index (χ0v) is 12.4. The molecule has 0 spiro atoms. The first-order valence-corrected chi connectivity index (χ1v) is 6.85. The van der Waals surface area contributed by atoms with E-state index in [1.807, 2.05) is 6.92 Å². The van der Waals surface area contributed by atoms with Gasteiger partial charge in [-0.1, -0.05) is 30.4 Å². The van der Waals surface area contributed by atoms with Crippen molar-refractivity contribution in [3.8, 4) is 0 Å². The van der Waals surface area contributed by atoms with Crippen LogP contribution in [0.4, 0.5) is 9.18 Å². The second-order valence-electron chi connectivity index (χ2n) is 4.76. The van der Waals surface area contributed by atoms with Gasteiger partial charge >= 0.3 is 12.0 Å². The van der Waals surface area contributed by atoms with Crippen LogP contribution >= 0.6 is 0 Å². The van der Waals surface area contributed by atoms with Crippen LogP contribution < -0.4 is 10.6 Å². The van der Waals surface area contributed by atoms with Crippen molar-refractivity contribution in [3.63, 3.8) is 0 Å². The van der Waals surface area contributed by atoms with E-state index in [2.05, 4.69) is 10.6 Å². The quantitative estimate of drug-likeness (QED) is 0.663. The molecule has 0 saturated heterocycles. The number of ether oxygens (including phenoxy) is 1. The number of hydrogen-bond donors (Lipinski definition) is 2. The van der Waals surface area contributed by atoms with Crippen molar-refractivity contribution >= 4 is 12.0 Å². The molecule has 0 bridgehead atoms. The maximum absolute atomic E-state index is 14.0. The number of amides is 2. The average molecular weight is 304 g/mol. The first-order valence-electron chi connectivity index (χ1n) is 6.85. The van der Waals surface area contributed by atoms with E-state index < -0.39 is 23.9 Å². The van der Waals surface area contributed by atoms with Crippen molar-refractivity contribution in [2.24, 2.45) is 0 Å². The second-order valence-corrected chi connectivity index (χ2v) is 4.76. The fraction of sp³-hybridized carbons (Fsp3) is 0.250. The normalized spacial score (nSPS) is 18.1. The molecular formula is C16H17FN2O3. The van der Waals surface area contributed by atoms with E-state index in [0.717, 1.165) is 0 Å². The van der Waals surface area contributed by atoms with Gasteiger partial charge in [0.15, 0.2) is 0 Å². The van der Waals surface area contributed by atoms with E-state index in [-0.39, 0.29) is 17.7 Å². The third kappa shape index (κ3) is 3.33. The van der Waals surface area contributed by atoms with Crippen molar-refractivity contribution < 1.29 is 18.7 Å². The molecular weight excluding hydrogens is 287 g/mol. The molecule has 0 saturated carbocycles. The summed E-state index contributed by atoms with van der Waals surface area (Å²) in [6.45, 7) is 3.51. The molecule has 1 heterocycles. The molecule has 1 aliphatic rings. The molecule has 2 rings (SSSR count). The van der Waals surface area contributed by atoms with Crippen LogP contribution in [0.15, 0.2) is 47.7 Å². The number of hydrogen-bond acceptors (Lipinski definition) is 3. The Balaban J connectivity index is 2.37. The Morgan fingerprint density at radius 2 is 2.14 bits per heavy atom. The average Bonchev–Trinajstić information content (AvgIpc) is 2.47. The number of allylic oxidation sites excluding steroid dienone is 2. The third-order valence-corrected chi connectivity index (χ3v) is 3.25. The lowest BCUT2D eigenvalue weighted by atomic mass is 9.95. The van der Waals surface area contributed by atoms with Gasteiger partial charge in [0.1, 0.15) is 12.4 Å². The van der Waals surface area contributed by atoms with Crippen LogP contribution in [0.1, 0.15) is 25.5 Å². The van der Waals surface area contributed by atoms with Gasteiger partial charge in [-0.3, -0.25) is 0 Å². The van der Waals surface area contributed by atoms with Gasteiger partial charge in [0.2, 0.25) is 0 Å². The number of esters is 1. The summed E-state index contributed by atoms with van der Waals surface area (Å²) in [6, 6.07) is 4.62. The molecule has 2 N–H and O–H groups in total. The molecule has 0 radical (unpaired) electrons. The third-order valence-electron chi connectivity index (χ3n) is 3.25. The first kappa shape index (κ1) is 15.8. The molecule has 0 aromatic heterocycles. The second kappa shape index (κ2) is 6.89. The van der Waals surface area contributed by atoms with Crippen molar-refractivity contribution in [1.82, 2.24) is 10.6 Å². The van der Waals surface area contributed by atoms with Crippen LogP contribution in [0.2, 0.25) is 0 Å². The summed E-state index contributed by atoms with van der Waals surface area (Å²) in [5.74, 6) is -1.10. The maximum Gasteiger partial charge on any atom is 0.338 e. The number of carbonyl (C=O) groups is 2. The van der Waals surface area contributed by atoms with Crippen molar-refractivity contribution in [2.75, 3.05) is 6.61 Å². The van der Waals surface area contributed by atoms with Gasteiger partial charge in [0.25, 0.3) is 0 Å². The Kier molecular flexibility index (Phi) is 4.93. The van der Waals surface area contributed by atoms with Gasteiger partial charge in [-0.2, -0.15) is 0 Å². The summed E-state index contributed by atoms with van der Waals surface area (Å²) >= 11 is 0. The smallest absolute Gasteiger partial charge is 0.338 e. The molecule has 0 fully saturated rings. The lowest BCUT2D eigenvalue weighted by Crippen LogP contribution is -2.45. The van der Waals surface area contributed by atoms with Crippen LogP contribution in [0.3, 0.4) is 0 Å². The van der Waals surface area contributed by atoms with Crippen LogP contribution in [0.25, 0.3) is 0 Å². The minimum Gasteiger partial charge on any atom is -0.458 e. The van der Waals surface area contributed by atoms with Gasteiger partial charge in [-0.15, -0.1) is 0 Å². The summed E-state index contributed by atoms with van der Waals surface area (Å²) in [5, 5.41) is 5.07. The highest BCUT2D eigenvalue weighted by atomic mass is 19.1. The molecule has 0 unspecified atom stereocenters. The zero-order valence-electron chi connectivity index (χ0n) is 12.4. The highest BCUT2D eigenvalue weighted by Gasteiger charge is 2.33. The topological polar surface area (TPSA) is 67.4 Å². The minimum atomic E-state index is -0.881. The van der Waals surface area contributed by atoms with Gasteiger partial charge in [-0.05, 0) is 19.9 Å². The van der Waals surface area contributed by atoms with Crippen LogP contribution in [0, 0.1) is 5.82 Å². The molecule has 116 valence electrons. The van der Waals surface area contributed by atoms with Crippen molar-refractivity contribution in [3.05, 3.63) is 59.1 Å². The van der Waals surface area contributed by atoms with E-state index in [1.54, 1.807) is 31.2 Å². The summed E-state index contributed by atoms with van der Waals surface area (Å²) in [6.07, 6.45) is 3.44. The zero-order chi connectivity index (χ0) is 16.1. The number of benzene rings is 1. The summed E-state index contributed by atoms with van der Waals surface area (Å²) in [4.78, 5) is 23.9. The van der Waals surface area contributed by atoms with Crippen LogP contribution in [-0.2, 0) is 9.53 Å². The number of nitrogens with one attached hydrogen (secondary N) is 2. The summed E-state index contributed by atoms with van der Waals surface area (Å²) < 4.78 is 19.1. The molecule has 1 aromatic carbocycles. The molecule has 1 atom stereocenters. The van der Waals surface area contributed by atoms with E-state index in [9.17, 15) is 14.0 Å². The molecule has 6 heteroatoms. The number of halogens is 1. The van der Waals surface area contributed by atoms with Gasteiger partial charge in [0.05, 0.1) is 11.6 Å². The van der Waals surface area contributed by atoms with Crippen LogP contribution in [-0.4, -0.2) is 18.6 Å². The summed E-state index contributed by atoms with van der Waals surface area (Å²) in [7, 11) is 0. The molecule has 22 heavy (non-hydrogen) atoms. The maximum atomic E-state index is 14.0. The van der Waals surface area contributed by atoms with Crippen molar-refractivity contribution in [1.29, 1.82) is 0 Å². The lowest BCUT2D eigenvalue weighted by molar-refractivity contribution is -0.138. The molecule has 2 amide bonds. The predicted octanol–water partition coefficient (Wildman–Crippen LogP) is 2.57. The fourth-order valence-electron chi connectivity index (χ4n) is 2.20. The summed E-state index contributed by atoms with van der Waals surface area (Å²) in [5.41, 5.74) is 0.756. The largest absolute Gasteiger partial charge is 0.458 e. The molecule has 0 aliphatic carbocycles. The van der Waals surface area contributed by atoms with E-state index >= 15 is 0 Å². The molecule has 1 aliphatic heterocycles. The Morgan fingerprint density at radius 1 is 1.41 bits per heavy atom. The van der Waals surface area contributed by atoms with Gasteiger partial charge in [-0.25, -0.2) is 14.0 Å². The fourth-order valence-corrected chi connectivity index (χ4v) is 2.20.